The van der Waals surface area contributed by atoms with E-state index < -0.39 is 82.5 Å². The number of aliphatic carboxylic acids is 1. The minimum atomic E-state index is -1.23. The van der Waals surface area contributed by atoms with Crippen molar-refractivity contribution < 1.29 is 38.7 Å². The summed E-state index contributed by atoms with van der Waals surface area (Å²) in [7, 11) is 0. The quantitative estimate of drug-likeness (QED) is 0.113. The fourth-order valence-corrected chi connectivity index (χ4v) is 8.83. The highest BCUT2D eigenvalue weighted by molar-refractivity contribution is 5.66. The van der Waals surface area contributed by atoms with Crippen LogP contribution in [0.3, 0.4) is 0 Å². The molecule has 0 saturated carbocycles. The Kier molecular flexibility index (Phi) is 13.0. The molecule has 4 heterocycles. The van der Waals surface area contributed by atoms with Gasteiger partial charge >= 0.3 is 23.3 Å². The van der Waals surface area contributed by atoms with Gasteiger partial charge in [-0.05, 0) is 50.8 Å². The standard InChI is InChI=1S/C47H52N4O12/c1-29-27-50(38-25-35(53)36(61-38)21-22-40(54)55)44(58)48(42(29)56)23-24-49-43(57)30(2)28-51(45(49)59)39-26-37(60-31(3)52)41(62-39)46(4,5)63-47(32-15-9-6-10-16-32,33-17-11-7-12-18-33)34-19-13-8-14-20-34/h6-20,27-28,35-39,41,53H,21-26H2,1-5H3,(H,54,55). The summed E-state index contributed by atoms with van der Waals surface area (Å²) in [5, 5.41) is 19.7. The molecule has 6 unspecified atom stereocenters. The molecule has 7 rings (SSSR count). The zero-order valence-electron chi connectivity index (χ0n) is 35.8. The number of aliphatic hydroxyl groups excluding tert-OH is 1. The maximum atomic E-state index is 14.4. The Morgan fingerprint density at radius 2 is 1.16 bits per heavy atom. The molecule has 0 spiro atoms. The number of esters is 1. The lowest BCUT2D eigenvalue weighted by molar-refractivity contribution is -0.197. The van der Waals surface area contributed by atoms with Crippen LogP contribution in [0.2, 0.25) is 0 Å². The molecule has 2 saturated heterocycles. The van der Waals surface area contributed by atoms with E-state index in [4.69, 9.17) is 24.1 Å². The molecule has 0 aliphatic carbocycles. The molecule has 16 heteroatoms. The predicted molar refractivity (Wildman–Crippen MR) is 229 cm³/mol. The zero-order valence-corrected chi connectivity index (χ0v) is 35.8. The van der Waals surface area contributed by atoms with Crippen molar-refractivity contribution in [3.63, 3.8) is 0 Å². The summed E-state index contributed by atoms with van der Waals surface area (Å²) in [5.74, 6) is -1.63. The summed E-state index contributed by atoms with van der Waals surface area (Å²) in [5.41, 5.74) is -2.45. The molecule has 2 aromatic heterocycles. The fraction of sp³-hybridized carbons (Fsp3) is 0.404. The lowest BCUT2D eigenvalue weighted by atomic mass is 9.79. The van der Waals surface area contributed by atoms with Gasteiger partial charge in [-0.3, -0.25) is 37.4 Å². The monoisotopic (exact) mass is 864 g/mol. The number of carbonyl (C=O) groups excluding carboxylic acids is 1. The molecular weight excluding hydrogens is 813 g/mol. The Morgan fingerprint density at radius 3 is 1.59 bits per heavy atom. The summed E-state index contributed by atoms with van der Waals surface area (Å²) in [6, 6.07) is 29.3. The number of ether oxygens (including phenoxy) is 4. The molecule has 63 heavy (non-hydrogen) atoms. The maximum Gasteiger partial charge on any atom is 0.333 e. The van der Waals surface area contributed by atoms with Crippen LogP contribution in [0.4, 0.5) is 0 Å². The van der Waals surface area contributed by atoms with Crippen LogP contribution in [0.25, 0.3) is 0 Å². The lowest BCUT2D eigenvalue weighted by Gasteiger charge is -2.45. The summed E-state index contributed by atoms with van der Waals surface area (Å²) in [6.45, 7) is 7.25. The molecule has 16 nitrogen and oxygen atoms in total. The highest BCUT2D eigenvalue weighted by atomic mass is 16.6. The van der Waals surface area contributed by atoms with Crippen LogP contribution in [-0.2, 0) is 47.2 Å². The molecule has 2 N–H and O–H groups in total. The van der Waals surface area contributed by atoms with E-state index in [9.17, 15) is 33.9 Å². The van der Waals surface area contributed by atoms with Crippen molar-refractivity contribution in [2.45, 2.75) is 121 Å². The maximum absolute atomic E-state index is 14.4. The van der Waals surface area contributed by atoms with E-state index >= 15 is 0 Å². The lowest BCUT2D eigenvalue weighted by Crippen LogP contribution is -2.52. The second-order valence-electron chi connectivity index (χ2n) is 16.7. The van der Waals surface area contributed by atoms with E-state index in [1.165, 1.54) is 37.7 Å². The third-order valence-electron chi connectivity index (χ3n) is 11.8. The Morgan fingerprint density at radius 1 is 0.714 bits per heavy atom. The second-order valence-corrected chi connectivity index (χ2v) is 16.7. The summed E-state index contributed by atoms with van der Waals surface area (Å²) >= 11 is 0. The van der Waals surface area contributed by atoms with Crippen molar-refractivity contribution in [3.8, 4) is 0 Å². The van der Waals surface area contributed by atoms with Crippen LogP contribution >= 0.6 is 0 Å². The number of aromatic nitrogens is 4. The molecule has 5 aromatic rings. The molecule has 0 bridgehead atoms. The van der Waals surface area contributed by atoms with Crippen molar-refractivity contribution >= 4 is 11.9 Å². The highest BCUT2D eigenvalue weighted by Gasteiger charge is 2.52. The van der Waals surface area contributed by atoms with Crippen LogP contribution in [0, 0.1) is 13.8 Å². The van der Waals surface area contributed by atoms with Crippen LogP contribution < -0.4 is 22.5 Å². The Labute approximate surface area is 362 Å². The van der Waals surface area contributed by atoms with E-state index in [1.54, 1.807) is 0 Å². The van der Waals surface area contributed by atoms with Gasteiger partial charge in [0.2, 0.25) is 0 Å². The van der Waals surface area contributed by atoms with Crippen LogP contribution in [0.1, 0.15) is 86.7 Å². The van der Waals surface area contributed by atoms with E-state index in [1.807, 2.05) is 105 Å². The van der Waals surface area contributed by atoms with Gasteiger partial charge in [0.05, 0.1) is 17.8 Å². The number of hydrogen-bond acceptors (Lipinski definition) is 11. The van der Waals surface area contributed by atoms with Crippen LogP contribution in [-0.4, -0.2) is 70.4 Å². The Hall–Kier alpha value is -6.20. The highest BCUT2D eigenvalue weighted by Crippen LogP contribution is 2.47. The molecule has 0 radical (unpaired) electrons. The molecule has 332 valence electrons. The molecule has 2 aliphatic rings. The van der Waals surface area contributed by atoms with E-state index in [0.29, 0.717) is 0 Å². The van der Waals surface area contributed by atoms with Gasteiger partial charge in [0.1, 0.15) is 30.3 Å². The number of aliphatic hydroxyl groups is 1. The molecule has 0 amide bonds. The molecule has 3 aromatic carbocycles. The third-order valence-corrected chi connectivity index (χ3v) is 11.8. The van der Waals surface area contributed by atoms with Gasteiger partial charge in [-0.15, -0.1) is 0 Å². The number of benzene rings is 3. The van der Waals surface area contributed by atoms with E-state index in [-0.39, 0.29) is 49.9 Å². The Bertz CT molecular complexity index is 2590. The first-order valence-electron chi connectivity index (χ1n) is 20.9. The number of aryl methyl sites for hydroxylation is 2. The number of carbonyl (C=O) groups is 2. The normalized spacial score (nSPS) is 21.4. The van der Waals surface area contributed by atoms with Crippen molar-refractivity contribution in [1.29, 1.82) is 0 Å². The van der Waals surface area contributed by atoms with Gasteiger partial charge in [0.25, 0.3) is 11.1 Å². The minimum absolute atomic E-state index is 0.0196. The Balaban J connectivity index is 1.21. The van der Waals surface area contributed by atoms with Gasteiger partial charge in [0, 0.05) is 62.8 Å². The number of nitrogens with zero attached hydrogens (tertiary/aromatic N) is 4. The molecule has 2 aliphatic heterocycles. The average Bonchev–Trinajstić information content (AvgIpc) is 3.86. The SMILES string of the molecule is CC(=O)OC1CC(n2cc(C)c(=O)n(CCn3c(=O)c(C)cn(C4CC(O)C(CCC(=O)O)O4)c3=O)c2=O)OC1C(C)(C)OC(c1ccccc1)(c1ccccc1)c1ccccc1. The van der Waals surface area contributed by atoms with Gasteiger partial charge in [-0.25, -0.2) is 9.59 Å². The summed E-state index contributed by atoms with van der Waals surface area (Å²) < 4.78 is 30.1. The first-order chi connectivity index (χ1) is 30.0. The van der Waals surface area contributed by atoms with E-state index in [0.717, 1.165) is 30.4 Å². The largest absolute Gasteiger partial charge is 0.481 e. The first kappa shape index (κ1) is 44.8. The van der Waals surface area contributed by atoms with Crippen molar-refractivity contribution in [2.75, 3.05) is 0 Å². The smallest absolute Gasteiger partial charge is 0.333 e. The minimum Gasteiger partial charge on any atom is -0.481 e. The van der Waals surface area contributed by atoms with Gasteiger partial charge in [-0.1, -0.05) is 91.0 Å². The van der Waals surface area contributed by atoms with Crippen molar-refractivity contribution in [1.82, 2.24) is 18.3 Å². The van der Waals surface area contributed by atoms with Gasteiger partial charge in [0.15, 0.2) is 0 Å². The third kappa shape index (κ3) is 9.02. The predicted octanol–water partition coefficient (Wildman–Crippen LogP) is 4.17. The summed E-state index contributed by atoms with van der Waals surface area (Å²) in [6.07, 6.45) is -3.28. The molecular formula is C47H52N4O12. The second kappa shape index (κ2) is 18.3. The number of carboxylic acids is 1. The topological polar surface area (TPSA) is 200 Å². The van der Waals surface area contributed by atoms with Crippen LogP contribution in [0.5, 0.6) is 0 Å². The number of rotatable bonds is 15. The van der Waals surface area contributed by atoms with Gasteiger partial charge < -0.3 is 29.2 Å². The molecule has 6 atom stereocenters. The van der Waals surface area contributed by atoms with E-state index in [2.05, 4.69) is 0 Å². The zero-order chi connectivity index (χ0) is 45.2. The first-order valence-corrected chi connectivity index (χ1v) is 20.9. The number of hydrogen-bond donors (Lipinski definition) is 2. The fourth-order valence-electron chi connectivity index (χ4n) is 8.83. The average molecular weight is 865 g/mol. The van der Waals surface area contributed by atoms with Crippen molar-refractivity contribution in [3.05, 3.63) is 173 Å². The van der Waals surface area contributed by atoms with Crippen molar-refractivity contribution in [2.24, 2.45) is 0 Å². The summed E-state index contributed by atoms with van der Waals surface area (Å²) in [4.78, 5) is 78.9. The number of carboxylic acid groups (broad SMARTS) is 1. The van der Waals surface area contributed by atoms with Crippen LogP contribution in [0.15, 0.2) is 123 Å². The molecule has 2 fully saturated rings. The van der Waals surface area contributed by atoms with Gasteiger partial charge in [-0.2, -0.15) is 0 Å².